The van der Waals surface area contributed by atoms with Crippen LogP contribution in [-0.4, -0.2) is 14.6 Å². The van der Waals surface area contributed by atoms with Crippen LogP contribution in [0, 0.1) is 11.6 Å². The first-order valence-electron chi connectivity index (χ1n) is 10.7. The van der Waals surface area contributed by atoms with Crippen molar-refractivity contribution in [2.45, 2.75) is 12.8 Å². The second-order valence-corrected chi connectivity index (χ2v) is 9.07. The molecule has 1 N–H and O–H groups in total. The van der Waals surface area contributed by atoms with E-state index in [1.54, 1.807) is 18.2 Å². The molecule has 3 aromatic carbocycles. The summed E-state index contributed by atoms with van der Waals surface area (Å²) in [6, 6.07) is 14.5. The molecule has 0 aliphatic rings. The van der Waals surface area contributed by atoms with Crippen molar-refractivity contribution in [3.05, 3.63) is 104 Å². The highest BCUT2D eigenvalue weighted by Gasteiger charge is 2.33. The quantitative estimate of drug-likeness (QED) is 0.228. The molecule has 0 amide bonds. The predicted octanol–water partition coefficient (Wildman–Crippen LogP) is 7.85. The zero-order valence-electron chi connectivity index (χ0n) is 18.8. The van der Waals surface area contributed by atoms with Crippen LogP contribution in [-0.2, 0) is 5.92 Å². The Balaban J connectivity index is 1.66. The Morgan fingerprint density at radius 1 is 0.892 bits per heavy atom. The minimum absolute atomic E-state index is 0.0207. The van der Waals surface area contributed by atoms with Crippen LogP contribution in [0.25, 0.3) is 28.0 Å². The second-order valence-electron chi connectivity index (χ2n) is 8.25. The van der Waals surface area contributed by atoms with Gasteiger partial charge in [0.15, 0.2) is 5.65 Å². The van der Waals surface area contributed by atoms with Crippen LogP contribution in [0.15, 0.2) is 71.5 Å². The van der Waals surface area contributed by atoms with Crippen LogP contribution in [0.2, 0.25) is 10.0 Å². The number of aromatic nitrogens is 3. The summed E-state index contributed by atoms with van der Waals surface area (Å²) in [6.07, 6.45) is 0. The molecular weight excluding hydrogens is 533 g/mol. The van der Waals surface area contributed by atoms with E-state index in [9.17, 15) is 22.4 Å². The third kappa shape index (κ3) is 4.92. The zero-order valence-corrected chi connectivity index (χ0v) is 20.3. The molecule has 0 fully saturated rings. The van der Waals surface area contributed by atoms with Gasteiger partial charge in [-0.3, -0.25) is 9.89 Å². The van der Waals surface area contributed by atoms with Gasteiger partial charge in [0, 0.05) is 36.8 Å². The van der Waals surface area contributed by atoms with E-state index in [1.165, 1.54) is 30.3 Å². The number of nitrogens with zero attached hydrogens (tertiary/aromatic N) is 2. The Hall–Kier alpha value is -3.82. The van der Waals surface area contributed by atoms with E-state index in [0.29, 0.717) is 18.6 Å². The standard InChI is InChI=1S/C26H15Cl2F4N3O2/c1-26(31,32)24-23(14-5-6-19(27)20(28)8-14)25-33-21(12-22(36)35(25)34-24)13-3-2-4-17(7-13)37-18-10-15(29)9-16(30)11-18/h2-12,34H,1H3. The fraction of sp³-hybridized carbons (Fsp3) is 0.0769. The minimum Gasteiger partial charge on any atom is -0.457 e. The maximum Gasteiger partial charge on any atom is 0.287 e. The Morgan fingerprint density at radius 2 is 1.62 bits per heavy atom. The highest BCUT2D eigenvalue weighted by molar-refractivity contribution is 6.42. The first-order chi connectivity index (χ1) is 17.5. The number of hydrogen-bond donors (Lipinski definition) is 1. The molecule has 0 saturated heterocycles. The van der Waals surface area contributed by atoms with Gasteiger partial charge < -0.3 is 4.74 Å². The van der Waals surface area contributed by atoms with Gasteiger partial charge in [0.1, 0.15) is 28.8 Å². The van der Waals surface area contributed by atoms with Gasteiger partial charge in [-0.25, -0.2) is 18.3 Å². The molecule has 5 nitrogen and oxygen atoms in total. The SMILES string of the molecule is CC(F)(F)c1[nH]n2c(=O)cc(-c3cccc(Oc4cc(F)cc(F)c4)c3)nc2c1-c1ccc(Cl)c(Cl)c1. The lowest BCUT2D eigenvalue weighted by Crippen LogP contribution is -2.16. The van der Waals surface area contributed by atoms with Crippen LogP contribution >= 0.6 is 23.2 Å². The molecule has 2 heterocycles. The Kier molecular flexibility index (Phi) is 6.21. The van der Waals surface area contributed by atoms with Gasteiger partial charge in [0.05, 0.1) is 21.3 Å². The largest absolute Gasteiger partial charge is 0.457 e. The highest BCUT2D eigenvalue weighted by Crippen LogP contribution is 2.39. The number of halogens is 6. The van der Waals surface area contributed by atoms with Gasteiger partial charge in [-0.05, 0) is 29.8 Å². The molecule has 0 spiro atoms. The number of benzene rings is 3. The number of nitrogens with one attached hydrogen (secondary N) is 1. The number of fused-ring (bicyclic) bond motifs is 1. The molecule has 0 radical (unpaired) electrons. The van der Waals surface area contributed by atoms with E-state index in [2.05, 4.69) is 10.1 Å². The molecule has 5 aromatic rings. The van der Waals surface area contributed by atoms with E-state index >= 15 is 0 Å². The lowest BCUT2D eigenvalue weighted by Gasteiger charge is -2.11. The second kappa shape index (κ2) is 9.24. The van der Waals surface area contributed by atoms with E-state index in [0.717, 1.165) is 16.6 Å². The molecule has 0 aliphatic carbocycles. The molecule has 5 rings (SSSR count). The van der Waals surface area contributed by atoms with Gasteiger partial charge in [0.25, 0.3) is 11.5 Å². The molecule has 0 saturated carbocycles. The smallest absolute Gasteiger partial charge is 0.287 e. The monoisotopic (exact) mass is 547 g/mol. The summed E-state index contributed by atoms with van der Waals surface area (Å²) >= 11 is 12.1. The summed E-state index contributed by atoms with van der Waals surface area (Å²) in [5.74, 6) is -4.82. The number of alkyl halides is 2. The fourth-order valence-corrected chi connectivity index (χ4v) is 4.17. The van der Waals surface area contributed by atoms with E-state index in [4.69, 9.17) is 27.9 Å². The van der Waals surface area contributed by atoms with Crippen molar-refractivity contribution in [3.8, 4) is 33.9 Å². The highest BCUT2D eigenvalue weighted by atomic mass is 35.5. The number of hydrogen-bond acceptors (Lipinski definition) is 3. The van der Waals surface area contributed by atoms with Crippen molar-refractivity contribution in [3.63, 3.8) is 0 Å². The maximum atomic E-state index is 14.6. The van der Waals surface area contributed by atoms with Gasteiger partial charge in [0.2, 0.25) is 0 Å². The van der Waals surface area contributed by atoms with Crippen molar-refractivity contribution < 1.29 is 22.3 Å². The Morgan fingerprint density at radius 3 is 2.30 bits per heavy atom. The summed E-state index contributed by atoms with van der Waals surface area (Å²) in [5, 5.41) is 2.83. The Bertz CT molecular complexity index is 1710. The molecule has 11 heteroatoms. The minimum atomic E-state index is -3.35. The van der Waals surface area contributed by atoms with E-state index in [-0.39, 0.29) is 44.0 Å². The van der Waals surface area contributed by atoms with Gasteiger partial charge in [-0.1, -0.05) is 41.4 Å². The first-order valence-corrected chi connectivity index (χ1v) is 11.5. The van der Waals surface area contributed by atoms with Gasteiger partial charge in [-0.2, -0.15) is 8.78 Å². The molecule has 0 aliphatic heterocycles. The number of ether oxygens (including phenoxy) is 1. The summed E-state index contributed by atoms with van der Waals surface area (Å²) in [7, 11) is 0. The topological polar surface area (TPSA) is 59.4 Å². The number of H-pyrrole nitrogens is 1. The number of aromatic amines is 1. The normalized spacial score (nSPS) is 11.8. The third-order valence-corrected chi connectivity index (χ3v) is 6.20. The van der Waals surface area contributed by atoms with Crippen LogP contribution in [0.4, 0.5) is 17.6 Å². The summed E-state index contributed by atoms with van der Waals surface area (Å²) in [4.78, 5) is 17.4. The maximum absolute atomic E-state index is 14.6. The average Bonchev–Trinajstić information content (AvgIpc) is 3.21. The first kappa shape index (κ1) is 24.9. The lowest BCUT2D eigenvalue weighted by molar-refractivity contribution is 0.0131. The van der Waals surface area contributed by atoms with Crippen molar-refractivity contribution in [1.29, 1.82) is 0 Å². The summed E-state index contributed by atoms with van der Waals surface area (Å²) in [5.41, 5.74) is -0.414. The summed E-state index contributed by atoms with van der Waals surface area (Å²) < 4.78 is 62.7. The molecule has 0 atom stereocenters. The Labute approximate surface area is 216 Å². The van der Waals surface area contributed by atoms with Gasteiger partial charge in [-0.15, -0.1) is 0 Å². The van der Waals surface area contributed by atoms with Gasteiger partial charge >= 0.3 is 0 Å². The van der Waals surface area contributed by atoms with Crippen molar-refractivity contribution in [2.75, 3.05) is 0 Å². The van der Waals surface area contributed by atoms with Crippen molar-refractivity contribution in [1.82, 2.24) is 14.6 Å². The average molecular weight is 548 g/mol. The van der Waals surface area contributed by atoms with Crippen LogP contribution in [0.5, 0.6) is 11.5 Å². The van der Waals surface area contributed by atoms with Crippen LogP contribution in [0.3, 0.4) is 0 Å². The van der Waals surface area contributed by atoms with Crippen LogP contribution in [0.1, 0.15) is 12.6 Å². The van der Waals surface area contributed by atoms with Crippen molar-refractivity contribution >= 4 is 28.8 Å². The molecular formula is C26H15Cl2F4N3O2. The zero-order chi connectivity index (χ0) is 26.5. The number of rotatable bonds is 5. The van der Waals surface area contributed by atoms with E-state index in [1.807, 2.05) is 0 Å². The summed E-state index contributed by atoms with van der Waals surface area (Å²) in [6.45, 7) is 0.695. The van der Waals surface area contributed by atoms with E-state index < -0.39 is 28.8 Å². The molecule has 188 valence electrons. The van der Waals surface area contributed by atoms with Crippen molar-refractivity contribution in [2.24, 2.45) is 0 Å². The third-order valence-electron chi connectivity index (χ3n) is 5.46. The lowest BCUT2D eigenvalue weighted by atomic mass is 10.0. The fourth-order valence-electron chi connectivity index (χ4n) is 3.87. The molecule has 0 unspecified atom stereocenters. The molecule has 0 bridgehead atoms. The molecule has 37 heavy (non-hydrogen) atoms. The predicted molar refractivity (Wildman–Crippen MR) is 133 cm³/mol. The molecule has 2 aromatic heterocycles. The van der Waals surface area contributed by atoms with Crippen LogP contribution < -0.4 is 10.3 Å².